The smallest absolute Gasteiger partial charge is 0.305 e. The first-order chi connectivity index (χ1) is 16.6. The number of hydrogen-bond acceptors (Lipinski definition) is 6. The molecule has 1 saturated heterocycles. The van der Waals surface area contributed by atoms with Crippen LogP contribution in [-0.2, 0) is 11.4 Å². The highest BCUT2D eigenvalue weighted by Crippen LogP contribution is 2.16. The number of carbonyl (C=O) groups is 2. The number of furan rings is 1. The first kappa shape index (κ1) is 23.3. The Morgan fingerprint density at radius 1 is 0.912 bits per heavy atom. The van der Waals surface area contributed by atoms with Gasteiger partial charge in [0.2, 0.25) is 5.91 Å². The molecule has 2 amide bonds. The van der Waals surface area contributed by atoms with E-state index in [1.807, 2.05) is 18.2 Å². The van der Waals surface area contributed by atoms with Crippen LogP contribution in [0.3, 0.4) is 0 Å². The number of para-hydroxylation sites is 1. The van der Waals surface area contributed by atoms with Gasteiger partial charge in [-0.1, -0.05) is 18.2 Å². The highest BCUT2D eigenvalue weighted by atomic mass is 19.1. The highest BCUT2D eigenvalue weighted by molar-refractivity contribution is 5.92. The predicted molar refractivity (Wildman–Crippen MR) is 125 cm³/mol. The van der Waals surface area contributed by atoms with Gasteiger partial charge in [0.05, 0.1) is 0 Å². The van der Waals surface area contributed by atoms with Gasteiger partial charge in [-0.2, -0.15) is 0 Å². The molecule has 3 aromatic rings. The molecule has 178 valence electrons. The number of piperazine rings is 1. The molecule has 2 aromatic carbocycles. The maximum atomic E-state index is 12.9. The van der Waals surface area contributed by atoms with Crippen LogP contribution in [0.5, 0.6) is 5.75 Å². The summed E-state index contributed by atoms with van der Waals surface area (Å²) in [7, 11) is 0. The molecule has 2 N–H and O–H groups in total. The molecule has 0 saturated carbocycles. The quantitative estimate of drug-likeness (QED) is 0.497. The summed E-state index contributed by atoms with van der Waals surface area (Å²) < 4.78 is 23.9. The van der Waals surface area contributed by atoms with Crippen molar-refractivity contribution >= 4 is 17.5 Å². The second-order valence-electron chi connectivity index (χ2n) is 7.93. The summed E-state index contributed by atoms with van der Waals surface area (Å²) >= 11 is 0. The van der Waals surface area contributed by atoms with E-state index < -0.39 is 5.91 Å². The third-order valence-corrected chi connectivity index (χ3v) is 5.54. The van der Waals surface area contributed by atoms with Crippen molar-refractivity contribution in [3.05, 3.63) is 84.1 Å². The number of rotatable bonds is 8. The van der Waals surface area contributed by atoms with Crippen LogP contribution >= 0.6 is 0 Å². The molecule has 8 nitrogen and oxygen atoms in total. The van der Waals surface area contributed by atoms with E-state index >= 15 is 0 Å². The second-order valence-corrected chi connectivity index (χ2v) is 7.93. The SMILES string of the molecule is O=C(CCN1CCN(c2ccccc2)CC1)NNC(=O)c1ccc(COc2ccc(F)cc2)o1. The zero-order valence-electron chi connectivity index (χ0n) is 18.7. The van der Waals surface area contributed by atoms with Crippen molar-refractivity contribution in [2.45, 2.75) is 13.0 Å². The summed E-state index contributed by atoms with van der Waals surface area (Å²) in [5, 5.41) is 0. The van der Waals surface area contributed by atoms with Gasteiger partial charge in [-0.05, 0) is 48.5 Å². The van der Waals surface area contributed by atoms with Crippen LogP contribution in [0.25, 0.3) is 0 Å². The summed E-state index contributed by atoms with van der Waals surface area (Å²) in [6.45, 7) is 4.29. The maximum Gasteiger partial charge on any atom is 0.305 e. The number of nitrogens with one attached hydrogen (secondary N) is 2. The zero-order chi connectivity index (χ0) is 23.8. The van der Waals surface area contributed by atoms with Crippen LogP contribution < -0.4 is 20.5 Å². The molecule has 0 atom stereocenters. The van der Waals surface area contributed by atoms with Gasteiger partial charge in [-0.15, -0.1) is 0 Å². The van der Waals surface area contributed by atoms with Crippen molar-refractivity contribution < 1.29 is 23.1 Å². The molecule has 0 unspecified atom stereocenters. The molecule has 1 aromatic heterocycles. The highest BCUT2D eigenvalue weighted by Gasteiger charge is 2.18. The fourth-order valence-corrected chi connectivity index (χ4v) is 3.64. The minimum Gasteiger partial charge on any atom is -0.486 e. The zero-order valence-corrected chi connectivity index (χ0v) is 18.7. The van der Waals surface area contributed by atoms with Gasteiger partial charge in [0.25, 0.3) is 0 Å². The predicted octanol–water partition coefficient (Wildman–Crippen LogP) is 2.97. The number of amides is 2. The number of ether oxygens (including phenoxy) is 1. The molecule has 34 heavy (non-hydrogen) atoms. The monoisotopic (exact) mass is 466 g/mol. The lowest BCUT2D eigenvalue weighted by Gasteiger charge is -2.36. The van der Waals surface area contributed by atoms with E-state index in [1.54, 1.807) is 6.07 Å². The average Bonchev–Trinajstić information content (AvgIpc) is 3.36. The average molecular weight is 467 g/mol. The van der Waals surface area contributed by atoms with E-state index in [4.69, 9.17) is 9.15 Å². The van der Waals surface area contributed by atoms with Crippen LogP contribution in [0.15, 0.2) is 71.1 Å². The van der Waals surface area contributed by atoms with Gasteiger partial charge in [-0.25, -0.2) is 4.39 Å². The fraction of sp³-hybridized carbons (Fsp3) is 0.280. The van der Waals surface area contributed by atoms with E-state index in [9.17, 15) is 14.0 Å². The molecular formula is C25H27FN4O4. The van der Waals surface area contributed by atoms with Gasteiger partial charge in [0.1, 0.15) is 23.9 Å². The maximum absolute atomic E-state index is 12.9. The number of carbonyl (C=O) groups excluding carboxylic acids is 2. The van der Waals surface area contributed by atoms with Crippen LogP contribution in [0.2, 0.25) is 0 Å². The Labute approximate surface area is 197 Å². The van der Waals surface area contributed by atoms with Crippen molar-refractivity contribution in [2.75, 3.05) is 37.6 Å². The summed E-state index contributed by atoms with van der Waals surface area (Å²) in [6, 6.07) is 19.0. The van der Waals surface area contributed by atoms with E-state index in [2.05, 4.69) is 32.8 Å². The summed E-state index contributed by atoms with van der Waals surface area (Å²) in [5.74, 6) is -0.219. The minimum absolute atomic E-state index is 0.0510. The summed E-state index contributed by atoms with van der Waals surface area (Å²) in [4.78, 5) is 29.0. The topological polar surface area (TPSA) is 87.1 Å². The molecule has 0 aliphatic carbocycles. The molecule has 0 spiro atoms. The largest absolute Gasteiger partial charge is 0.486 e. The lowest BCUT2D eigenvalue weighted by atomic mass is 10.2. The molecule has 1 fully saturated rings. The second kappa shape index (κ2) is 11.3. The van der Waals surface area contributed by atoms with Crippen LogP contribution in [0.4, 0.5) is 10.1 Å². The third kappa shape index (κ3) is 6.58. The van der Waals surface area contributed by atoms with Gasteiger partial charge >= 0.3 is 5.91 Å². The Kier molecular flexibility index (Phi) is 7.77. The molecule has 9 heteroatoms. The van der Waals surface area contributed by atoms with Crippen molar-refractivity contribution in [3.63, 3.8) is 0 Å². The van der Waals surface area contributed by atoms with Crippen molar-refractivity contribution in [2.24, 2.45) is 0 Å². The van der Waals surface area contributed by atoms with Gasteiger partial charge in [0, 0.05) is 44.8 Å². The normalized spacial score (nSPS) is 14.0. The molecule has 0 radical (unpaired) electrons. The van der Waals surface area contributed by atoms with Gasteiger partial charge in [0.15, 0.2) is 5.76 Å². The molecule has 1 aliphatic rings. The standard InChI is InChI=1S/C25H27FN4O4/c26-19-6-8-21(9-7-19)33-18-22-10-11-23(34-22)25(32)28-27-24(31)12-13-29-14-16-30(17-15-29)20-4-2-1-3-5-20/h1-11H,12-18H2,(H,27,31)(H,28,32). The Morgan fingerprint density at radius 2 is 1.65 bits per heavy atom. The number of hydrogen-bond donors (Lipinski definition) is 2. The van der Waals surface area contributed by atoms with Crippen molar-refractivity contribution in [1.82, 2.24) is 15.8 Å². The number of hydrazine groups is 1. The van der Waals surface area contributed by atoms with Crippen LogP contribution in [0.1, 0.15) is 22.7 Å². The number of halogens is 1. The first-order valence-electron chi connectivity index (χ1n) is 11.2. The van der Waals surface area contributed by atoms with Crippen molar-refractivity contribution in [3.8, 4) is 5.75 Å². The van der Waals surface area contributed by atoms with Gasteiger partial charge < -0.3 is 14.1 Å². The summed E-state index contributed by atoms with van der Waals surface area (Å²) in [5.41, 5.74) is 6.01. The number of anilines is 1. The third-order valence-electron chi connectivity index (χ3n) is 5.54. The molecule has 1 aliphatic heterocycles. The Morgan fingerprint density at radius 3 is 2.38 bits per heavy atom. The Balaban J connectivity index is 1.13. The molecule has 4 rings (SSSR count). The Hall–Kier alpha value is -3.85. The van der Waals surface area contributed by atoms with Gasteiger partial charge in [-0.3, -0.25) is 25.3 Å². The van der Waals surface area contributed by atoms with Crippen molar-refractivity contribution in [1.29, 1.82) is 0 Å². The number of benzene rings is 2. The molecule has 2 heterocycles. The lowest BCUT2D eigenvalue weighted by Crippen LogP contribution is -2.48. The van der Waals surface area contributed by atoms with Crippen LogP contribution in [0, 0.1) is 5.82 Å². The minimum atomic E-state index is -0.558. The first-order valence-corrected chi connectivity index (χ1v) is 11.2. The number of nitrogens with zero attached hydrogens (tertiary/aromatic N) is 2. The van der Waals surface area contributed by atoms with E-state index in [0.717, 1.165) is 26.2 Å². The van der Waals surface area contributed by atoms with E-state index in [0.29, 0.717) is 18.1 Å². The van der Waals surface area contributed by atoms with E-state index in [-0.39, 0.29) is 30.5 Å². The van der Waals surface area contributed by atoms with Crippen LogP contribution in [-0.4, -0.2) is 49.4 Å². The Bertz CT molecular complexity index is 1080. The van der Waals surface area contributed by atoms with E-state index in [1.165, 1.54) is 36.0 Å². The lowest BCUT2D eigenvalue weighted by molar-refractivity contribution is -0.122. The molecular weight excluding hydrogens is 439 g/mol. The molecule has 0 bridgehead atoms. The summed E-state index contributed by atoms with van der Waals surface area (Å²) in [6.07, 6.45) is 0.278. The fourth-order valence-electron chi connectivity index (χ4n) is 3.64.